The monoisotopic (exact) mass is 242 g/mol. The van der Waals surface area contributed by atoms with Gasteiger partial charge in [-0.05, 0) is 25.5 Å². The zero-order chi connectivity index (χ0) is 13.4. The van der Waals surface area contributed by atoms with E-state index in [2.05, 4.69) is 55.0 Å². The zero-order valence-electron chi connectivity index (χ0n) is 11.5. The molecule has 0 radical (unpaired) electrons. The van der Waals surface area contributed by atoms with Gasteiger partial charge in [-0.3, -0.25) is 4.98 Å². The number of allylic oxidation sites excluding steroid dienone is 4. The van der Waals surface area contributed by atoms with Gasteiger partial charge in [0.05, 0.1) is 0 Å². The second-order valence-electron chi connectivity index (χ2n) is 4.42. The van der Waals surface area contributed by atoms with E-state index in [-0.39, 0.29) is 0 Å². The number of rotatable bonds is 6. The molecule has 2 heteroatoms. The number of aromatic nitrogens is 1. The maximum Gasteiger partial charge on any atom is 0.0413 e. The Hall–Kier alpha value is -1.83. The van der Waals surface area contributed by atoms with Crippen LogP contribution in [-0.4, -0.2) is 4.98 Å². The van der Waals surface area contributed by atoms with Gasteiger partial charge >= 0.3 is 0 Å². The molecule has 0 aliphatic heterocycles. The fourth-order valence-electron chi connectivity index (χ4n) is 1.39. The van der Waals surface area contributed by atoms with Crippen LogP contribution in [0.5, 0.6) is 0 Å². The molecular weight excluding hydrogens is 220 g/mol. The normalized spacial score (nSPS) is 13.6. The van der Waals surface area contributed by atoms with Gasteiger partial charge in [-0.1, -0.05) is 43.4 Å². The van der Waals surface area contributed by atoms with Gasteiger partial charge in [-0.15, -0.1) is 0 Å². The second-order valence-corrected chi connectivity index (χ2v) is 4.42. The molecule has 18 heavy (non-hydrogen) atoms. The number of hydrogen-bond donors (Lipinski definition) is 1. The quantitative estimate of drug-likeness (QED) is 0.767. The molecule has 1 N–H and O–H groups in total. The molecule has 0 aliphatic rings. The summed E-state index contributed by atoms with van der Waals surface area (Å²) >= 11 is 0. The molecule has 0 aromatic carbocycles. The first kappa shape index (κ1) is 14.2. The standard InChI is InChI=1S/C16H22N2/c1-5-13(2)8-9-14(3)15(4)18-12-16-7-6-10-17-11-16/h5-11,14,18H,4,12H2,1-3H3/b9-8-,13-5-. The van der Waals surface area contributed by atoms with Crippen LogP contribution in [0.25, 0.3) is 0 Å². The smallest absolute Gasteiger partial charge is 0.0413 e. The molecule has 2 nitrogen and oxygen atoms in total. The molecule has 1 heterocycles. The van der Waals surface area contributed by atoms with Crippen molar-refractivity contribution >= 4 is 0 Å². The lowest BCUT2D eigenvalue weighted by Crippen LogP contribution is -2.16. The maximum atomic E-state index is 4.09. The van der Waals surface area contributed by atoms with Crippen molar-refractivity contribution in [2.45, 2.75) is 27.3 Å². The molecule has 0 saturated carbocycles. The SMILES string of the molecule is C=C(NCc1cccnc1)C(C)/C=C\C(C)=C/C. The summed E-state index contributed by atoms with van der Waals surface area (Å²) in [6.07, 6.45) is 10.0. The van der Waals surface area contributed by atoms with E-state index in [0.29, 0.717) is 5.92 Å². The van der Waals surface area contributed by atoms with Gasteiger partial charge in [0.1, 0.15) is 0 Å². The summed E-state index contributed by atoms with van der Waals surface area (Å²) in [6.45, 7) is 11.1. The third-order valence-electron chi connectivity index (χ3n) is 2.90. The average Bonchev–Trinajstić information content (AvgIpc) is 2.42. The van der Waals surface area contributed by atoms with Crippen molar-refractivity contribution in [2.24, 2.45) is 5.92 Å². The van der Waals surface area contributed by atoms with Crippen LogP contribution in [0.1, 0.15) is 26.3 Å². The molecule has 0 aliphatic carbocycles. The highest BCUT2D eigenvalue weighted by Crippen LogP contribution is 2.09. The van der Waals surface area contributed by atoms with Crippen molar-refractivity contribution in [2.75, 3.05) is 0 Å². The van der Waals surface area contributed by atoms with Crippen LogP contribution in [-0.2, 0) is 6.54 Å². The van der Waals surface area contributed by atoms with Gasteiger partial charge < -0.3 is 5.32 Å². The van der Waals surface area contributed by atoms with E-state index in [1.54, 1.807) is 6.20 Å². The molecule has 96 valence electrons. The van der Waals surface area contributed by atoms with Crippen molar-refractivity contribution in [3.8, 4) is 0 Å². The van der Waals surface area contributed by atoms with E-state index in [1.165, 1.54) is 11.1 Å². The first-order valence-electron chi connectivity index (χ1n) is 6.26. The van der Waals surface area contributed by atoms with Gasteiger partial charge in [-0.25, -0.2) is 0 Å². The van der Waals surface area contributed by atoms with Crippen molar-refractivity contribution in [1.82, 2.24) is 10.3 Å². The topological polar surface area (TPSA) is 24.9 Å². The average molecular weight is 242 g/mol. The minimum atomic E-state index is 0.316. The van der Waals surface area contributed by atoms with Crippen LogP contribution in [0, 0.1) is 5.92 Å². The fourth-order valence-corrected chi connectivity index (χ4v) is 1.39. The van der Waals surface area contributed by atoms with E-state index < -0.39 is 0 Å². The Morgan fingerprint density at radius 3 is 2.94 bits per heavy atom. The van der Waals surface area contributed by atoms with Crippen LogP contribution < -0.4 is 5.32 Å². The Labute approximate surface area is 110 Å². The van der Waals surface area contributed by atoms with Crippen LogP contribution in [0.3, 0.4) is 0 Å². The minimum Gasteiger partial charge on any atom is -0.384 e. The van der Waals surface area contributed by atoms with Crippen LogP contribution >= 0.6 is 0 Å². The summed E-state index contributed by atoms with van der Waals surface area (Å²) in [6, 6.07) is 4.00. The lowest BCUT2D eigenvalue weighted by molar-refractivity contribution is 0.700. The highest BCUT2D eigenvalue weighted by Gasteiger charge is 2.02. The number of nitrogens with zero attached hydrogens (tertiary/aromatic N) is 1. The maximum absolute atomic E-state index is 4.09. The second kappa shape index (κ2) is 7.49. The molecule has 1 aromatic rings. The molecule has 0 saturated heterocycles. The van der Waals surface area contributed by atoms with Crippen LogP contribution in [0.15, 0.2) is 60.6 Å². The molecular formula is C16H22N2. The van der Waals surface area contributed by atoms with Gasteiger partial charge in [0, 0.05) is 30.6 Å². The molecule has 1 rings (SSSR count). The molecule has 0 fully saturated rings. The van der Waals surface area contributed by atoms with E-state index in [4.69, 9.17) is 0 Å². The predicted molar refractivity (Wildman–Crippen MR) is 78.0 cm³/mol. The van der Waals surface area contributed by atoms with Gasteiger partial charge in [0.15, 0.2) is 0 Å². The van der Waals surface area contributed by atoms with E-state index in [0.717, 1.165) is 12.2 Å². The Balaban J connectivity index is 2.43. The summed E-state index contributed by atoms with van der Waals surface area (Å²) in [4.78, 5) is 4.09. The lowest BCUT2D eigenvalue weighted by Gasteiger charge is -2.13. The van der Waals surface area contributed by atoms with Gasteiger partial charge in [-0.2, -0.15) is 0 Å². The Kier molecular flexibility index (Phi) is 5.92. The number of pyridine rings is 1. The van der Waals surface area contributed by atoms with E-state index in [1.807, 2.05) is 19.2 Å². The first-order chi connectivity index (χ1) is 8.63. The minimum absolute atomic E-state index is 0.316. The molecule has 0 amide bonds. The lowest BCUT2D eigenvalue weighted by atomic mass is 10.1. The van der Waals surface area contributed by atoms with Crippen molar-refractivity contribution in [3.63, 3.8) is 0 Å². The van der Waals surface area contributed by atoms with E-state index in [9.17, 15) is 0 Å². The summed E-state index contributed by atoms with van der Waals surface area (Å²) < 4.78 is 0. The number of nitrogens with one attached hydrogen (secondary N) is 1. The molecule has 1 aromatic heterocycles. The summed E-state index contributed by atoms with van der Waals surface area (Å²) in [5.41, 5.74) is 3.46. The van der Waals surface area contributed by atoms with Gasteiger partial charge in [0.25, 0.3) is 0 Å². The summed E-state index contributed by atoms with van der Waals surface area (Å²) in [7, 11) is 0. The Morgan fingerprint density at radius 1 is 1.56 bits per heavy atom. The summed E-state index contributed by atoms with van der Waals surface area (Å²) in [5, 5.41) is 3.34. The van der Waals surface area contributed by atoms with Crippen molar-refractivity contribution in [1.29, 1.82) is 0 Å². The molecule has 0 spiro atoms. The van der Waals surface area contributed by atoms with Gasteiger partial charge in [0.2, 0.25) is 0 Å². The predicted octanol–water partition coefficient (Wildman–Crippen LogP) is 3.84. The Bertz CT molecular complexity index is 430. The third kappa shape index (κ3) is 5.00. The zero-order valence-corrected chi connectivity index (χ0v) is 11.5. The Morgan fingerprint density at radius 2 is 2.33 bits per heavy atom. The fraction of sp³-hybridized carbons (Fsp3) is 0.312. The van der Waals surface area contributed by atoms with Crippen molar-refractivity contribution in [3.05, 3.63) is 66.2 Å². The van der Waals surface area contributed by atoms with Crippen LogP contribution in [0.4, 0.5) is 0 Å². The number of hydrogen-bond acceptors (Lipinski definition) is 2. The molecule has 1 unspecified atom stereocenters. The largest absolute Gasteiger partial charge is 0.384 e. The first-order valence-corrected chi connectivity index (χ1v) is 6.26. The molecule has 1 atom stereocenters. The summed E-state index contributed by atoms with van der Waals surface area (Å²) in [5.74, 6) is 0.316. The molecule has 0 bridgehead atoms. The highest BCUT2D eigenvalue weighted by atomic mass is 14.9. The van der Waals surface area contributed by atoms with Crippen molar-refractivity contribution < 1.29 is 0 Å². The third-order valence-corrected chi connectivity index (χ3v) is 2.90. The highest BCUT2D eigenvalue weighted by molar-refractivity contribution is 5.19. The van der Waals surface area contributed by atoms with E-state index >= 15 is 0 Å². The van der Waals surface area contributed by atoms with Crippen LogP contribution in [0.2, 0.25) is 0 Å².